The minimum atomic E-state index is -2.78. The highest BCUT2D eigenvalue weighted by molar-refractivity contribution is 5.72. The third-order valence-corrected chi connectivity index (χ3v) is 2.35. The Hall–Kier alpha value is -1.76. The maximum atomic E-state index is 12.8. The highest BCUT2D eigenvalue weighted by atomic mass is 19.3. The molecular formula is C11H14F2N2O3. The number of ether oxygens (including phenoxy) is 2. The van der Waals surface area contributed by atoms with Crippen molar-refractivity contribution < 1.29 is 23.0 Å². The number of pyridine rings is 1. The van der Waals surface area contributed by atoms with Crippen molar-refractivity contribution in [2.45, 2.75) is 19.4 Å². The number of hydrogen-bond acceptors (Lipinski definition) is 5. The van der Waals surface area contributed by atoms with Crippen LogP contribution in [0.1, 0.15) is 23.4 Å². The van der Waals surface area contributed by atoms with E-state index in [1.54, 1.807) is 0 Å². The van der Waals surface area contributed by atoms with Crippen molar-refractivity contribution in [2.24, 2.45) is 5.73 Å². The molecule has 0 aliphatic carbocycles. The molecule has 0 spiro atoms. The summed E-state index contributed by atoms with van der Waals surface area (Å²) in [5, 5.41) is 0. The van der Waals surface area contributed by atoms with Gasteiger partial charge in [-0.3, -0.25) is 9.78 Å². The van der Waals surface area contributed by atoms with Crippen molar-refractivity contribution in [1.82, 2.24) is 4.98 Å². The third-order valence-electron chi connectivity index (χ3n) is 2.35. The maximum absolute atomic E-state index is 12.8. The lowest BCUT2D eigenvalue weighted by Gasteiger charge is -2.13. The standard InChI is InChI=1S/C11H14F2N2O3/c1-17-8-3-6(4-9(16)18-2)15-10(11(12)13)7(8)5-14/h3,11H,4-5,14H2,1-2H3. The smallest absolute Gasteiger partial charge is 0.311 e. The molecule has 2 N–H and O–H groups in total. The molecular weight excluding hydrogens is 246 g/mol. The van der Waals surface area contributed by atoms with Crippen LogP contribution in [-0.2, 0) is 22.5 Å². The molecule has 0 saturated heterocycles. The lowest BCUT2D eigenvalue weighted by molar-refractivity contribution is -0.139. The van der Waals surface area contributed by atoms with Gasteiger partial charge in [0.15, 0.2) is 0 Å². The molecule has 0 fully saturated rings. The molecule has 0 radical (unpaired) electrons. The average molecular weight is 260 g/mol. The minimum absolute atomic E-state index is 0.117. The molecule has 7 heteroatoms. The fourth-order valence-corrected chi connectivity index (χ4v) is 1.50. The number of methoxy groups -OCH3 is 2. The molecule has 0 aromatic carbocycles. The number of hydrogen-bond donors (Lipinski definition) is 1. The van der Waals surface area contributed by atoms with Crippen LogP contribution >= 0.6 is 0 Å². The van der Waals surface area contributed by atoms with Gasteiger partial charge in [0.25, 0.3) is 6.43 Å². The van der Waals surface area contributed by atoms with E-state index in [2.05, 4.69) is 9.72 Å². The van der Waals surface area contributed by atoms with Gasteiger partial charge in [0.2, 0.25) is 0 Å². The fraction of sp³-hybridized carbons (Fsp3) is 0.455. The number of carbonyl (C=O) groups excluding carboxylic acids is 1. The van der Waals surface area contributed by atoms with Crippen LogP contribution in [0.15, 0.2) is 6.07 Å². The monoisotopic (exact) mass is 260 g/mol. The zero-order valence-corrected chi connectivity index (χ0v) is 10.1. The van der Waals surface area contributed by atoms with E-state index in [9.17, 15) is 13.6 Å². The number of nitrogens with zero attached hydrogens (tertiary/aromatic N) is 1. The van der Waals surface area contributed by atoms with Crippen LogP contribution in [0.2, 0.25) is 0 Å². The maximum Gasteiger partial charge on any atom is 0.311 e. The minimum Gasteiger partial charge on any atom is -0.496 e. The van der Waals surface area contributed by atoms with Crippen LogP contribution in [0, 0.1) is 0 Å². The van der Waals surface area contributed by atoms with E-state index in [1.165, 1.54) is 20.3 Å². The van der Waals surface area contributed by atoms with Crippen LogP contribution < -0.4 is 10.5 Å². The van der Waals surface area contributed by atoms with Gasteiger partial charge in [-0.2, -0.15) is 0 Å². The number of carbonyl (C=O) groups is 1. The summed E-state index contributed by atoms with van der Waals surface area (Å²) in [6, 6.07) is 1.41. The molecule has 0 aliphatic rings. The summed E-state index contributed by atoms with van der Waals surface area (Å²) >= 11 is 0. The zero-order valence-electron chi connectivity index (χ0n) is 10.1. The van der Waals surface area contributed by atoms with E-state index in [0.29, 0.717) is 0 Å². The van der Waals surface area contributed by atoms with Gasteiger partial charge < -0.3 is 15.2 Å². The van der Waals surface area contributed by atoms with Gasteiger partial charge >= 0.3 is 5.97 Å². The number of esters is 1. The number of rotatable bonds is 5. The van der Waals surface area contributed by atoms with Gasteiger partial charge in [-0.05, 0) is 0 Å². The summed E-state index contributed by atoms with van der Waals surface area (Å²) in [5.41, 5.74) is 5.23. The SMILES string of the molecule is COC(=O)Cc1cc(OC)c(CN)c(C(F)F)n1. The van der Waals surface area contributed by atoms with E-state index in [4.69, 9.17) is 10.5 Å². The summed E-state index contributed by atoms with van der Waals surface area (Å²) in [6.07, 6.45) is -2.98. The molecule has 0 atom stereocenters. The first-order chi connectivity index (χ1) is 8.53. The second-order valence-corrected chi connectivity index (χ2v) is 3.44. The van der Waals surface area contributed by atoms with Gasteiger partial charge in [0.1, 0.15) is 11.4 Å². The molecule has 18 heavy (non-hydrogen) atoms. The number of alkyl halides is 2. The van der Waals surface area contributed by atoms with E-state index in [-0.39, 0.29) is 30.0 Å². The molecule has 0 saturated carbocycles. The van der Waals surface area contributed by atoms with Crippen molar-refractivity contribution in [3.63, 3.8) is 0 Å². The van der Waals surface area contributed by atoms with Gasteiger partial charge in [-0.1, -0.05) is 0 Å². The third kappa shape index (κ3) is 3.13. The molecule has 1 aromatic rings. The number of aromatic nitrogens is 1. The highest BCUT2D eigenvalue weighted by Crippen LogP contribution is 2.29. The molecule has 5 nitrogen and oxygen atoms in total. The predicted octanol–water partition coefficient (Wildman–Crippen LogP) is 1.20. The molecule has 1 aromatic heterocycles. The first kappa shape index (κ1) is 14.3. The Morgan fingerprint density at radius 1 is 1.50 bits per heavy atom. The predicted molar refractivity (Wildman–Crippen MR) is 59.4 cm³/mol. The Bertz CT molecular complexity index is 439. The Balaban J connectivity index is 3.22. The topological polar surface area (TPSA) is 74.4 Å². The summed E-state index contributed by atoms with van der Waals surface area (Å²) in [6.45, 7) is -0.117. The van der Waals surface area contributed by atoms with Crippen molar-refractivity contribution in [1.29, 1.82) is 0 Å². The molecule has 1 rings (SSSR count). The number of nitrogens with two attached hydrogens (primary N) is 1. The second-order valence-electron chi connectivity index (χ2n) is 3.44. The van der Waals surface area contributed by atoms with Gasteiger partial charge in [0.05, 0.1) is 26.3 Å². The van der Waals surface area contributed by atoms with Gasteiger partial charge in [-0.15, -0.1) is 0 Å². The van der Waals surface area contributed by atoms with E-state index < -0.39 is 18.1 Å². The Kier molecular flexibility index (Phi) is 4.96. The lowest BCUT2D eigenvalue weighted by Crippen LogP contribution is -2.12. The highest BCUT2D eigenvalue weighted by Gasteiger charge is 2.20. The Morgan fingerprint density at radius 2 is 2.17 bits per heavy atom. The van der Waals surface area contributed by atoms with E-state index >= 15 is 0 Å². The van der Waals surface area contributed by atoms with Crippen molar-refractivity contribution >= 4 is 5.97 Å². The summed E-state index contributed by atoms with van der Waals surface area (Å²) in [7, 11) is 2.55. The van der Waals surface area contributed by atoms with Crippen LogP contribution in [0.4, 0.5) is 8.78 Å². The first-order valence-corrected chi connectivity index (χ1v) is 5.15. The normalized spacial score (nSPS) is 10.6. The van der Waals surface area contributed by atoms with Gasteiger partial charge in [-0.25, -0.2) is 8.78 Å². The van der Waals surface area contributed by atoms with Crippen LogP contribution in [0.3, 0.4) is 0 Å². The first-order valence-electron chi connectivity index (χ1n) is 5.15. The molecule has 1 heterocycles. The second kappa shape index (κ2) is 6.25. The largest absolute Gasteiger partial charge is 0.496 e. The summed E-state index contributed by atoms with van der Waals surface area (Å²) in [4.78, 5) is 14.8. The van der Waals surface area contributed by atoms with Crippen LogP contribution in [0.25, 0.3) is 0 Å². The van der Waals surface area contributed by atoms with Crippen LogP contribution in [-0.4, -0.2) is 25.2 Å². The Labute approximate surface area is 103 Å². The van der Waals surface area contributed by atoms with Crippen molar-refractivity contribution in [2.75, 3.05) is 14.2 Å². The quantitative estimate of drug-likeness (QED) is 0.805. The van der Waals surface area contributed by atoms with E-state index in [0.717, 1.165) is 0 Å². The molecule has 0 aliphatic heterocycles. The van der Waals surface area contributed by atoms with Crippen molar-refractivity contribution in [3.05, 3.63) is 23.0 Å². The summed E-state index contributed by atoms with van der Waals surface area (Å²) in [5.74, 6) is -0.369. The molecule has 100 valence electrons. The van der Waals surface area contributed by atoms with E-state index in [1.807, 2.05) is 0 Å². The van der Waals surface area contributed by atoms with Crippen molar-refractivity contribution in [3.8, 4) is 5.75 Å². The van der Waals surface area contributed by atoms with Gasteiger partial charge in [0, 0.05) is 18.2 Å². The summed E-state index contributed by atoms with van der Waals surface area (Å²) < 4.78 is 35.1. The molecule has 0 amide bonds. The van der Waals surface area contributed by atoms with Crippen LogP contribution in [0.5, 0.6) is 5.75 Å². The zero-order chi connectivity index (χ0) is 13.7. The lowest BCUT2D eigenvalue weighted by atomic mass is 10.1. The average Bonchev–Trinajstić information content (AvgIpc) is 2.37. The Morgan fingerprint density at radius 3 is 2.61 bits per heavy atom. The molecule has 0 unspecified atom stereocenters. The number of halogens is 2. The fourth-order valence-electron chi connectivity index (χ4n) is 1.50. The molecule has 0 bridgehead atoms.